The van der Waals surface area contributed by atoms with Gasteiger partial charge in [-0.2, -0.15) is 5.10 Å². The van der Waals surface area contributed by atoms with Crippen molar-refractivity contribution in [2.24, 2.45) is 5.10 Å². The topological polar surface area (TPSA) is 60.8 Å². The van der Waals surface area contributed by atoms with Crippen LogP contribution in [-0.4, -0.2) is 36.5 Å². The van der Waals surface area contributed by atoms with E-state index in [0.717, 1.165) is 11.3 Å². The van der Waals surface area contributed by atoms with E-state index in [1.165, 1.54) is 6.20 Å². The number of nitrogens with zero attached hydrogens (tertiary/aromatic N) is 3. The third kappa shape index (κ3) is 4.59. The Morgan fingerprint density at radius 1 is 1.32 bits per heavy atom. The molecule has 0 atom stereocenters. The maximum atomic E-state index is 8.92. The molecule has 0 saturated carbocycles. The molecule has 0 radical (unpaired) electrons. The number of hydrazone groups is 1. The molecule has 1 heterocycles. The van der Waals surface area contributed by atoms with Crippen molar-refractivity contribution in [2.45, 2.75) is 0 Å². The summed E-state index contributed by atoms with van der Waals surface area (Å²) in [6.45, 7) is 0.716. The molecule has 22 heavy (non-hydrogen) atoms. The van der Waals surface area contributed by atoms with Crippen LogP contribution >= 0.6 is 23.2 Å². The highest BCUT2D eigenvalue weighted by Gasteiger charge is 2.01. The number of pyridine rings is 1. The van der Waals surface area contributed by atoms with Crippen LogP contribution in [0.4, 0.5) is 11.5 Å². The first kappa shape index (κ1) is 16.5. The molecule has 0 aliphatic carbocycles. The zero-order valence-corrected chi connectivity index (χ0v) is 13.5. The monoisotopic (exact) mass is 338 g/mol. The molecule has 0 aliphatic heterocycles. The van der Waals surface area contributed by atoms with Crippen molar-refractivity contribution in [3.8, 4) is 0 Å². The highest BCUT2D eigenvalue weighted by Crippen LogP contribution is 2.22. The average Bonchev–Trinajstić information content (AvgIpc) is 2.50. The van der Waals surface area contributed by atoms with Gasteiger partial charge in [-0.15, -0.1) is 0 Å². The van der Waals surface area contributed by atoms with Crippen molar-refractivity contribution in [1.29, 1.82) is 0 Å². The van der Waals surface area contributed by atoms with Crippen molar-refractivity contribution in [3.63, 3.8) is 0 Å². The van der Waals surface area contributed by atoms with E-state index in [2.05, 4.69) is 15.5 Å². The van der Waals surface area contributed by atoms with Crippen LogP contribution in [-0.2, 0) is 0 Å². The second-order valence-corrected chi connectivity index (χ2v) is 5.43. The van der Waals surface area contributed by atoms with E-state index in [4.69, 9.17) is 28.3 Å². The molecule has 0 spiro atoms. The van der Waals surface area contributed by atoms with Gasteiger partial charge in [-0.3, -0.25) is 5.43 Å². The average molecular weight is 339 g/mol. The van der Waals surface area contributed by atoms with Gasteiger partial charge in [0, 0.05) is 25.5 Å². The summed E-state index contributed by atoms with van der Waals surface area (Å²) in [6.07, 6.45) is 3.17. The zero-order chi connectivity index (χ0) is 15.9. The molecule has 116 valence electrons. The number of aromatic nitrogens is 1. The van der Waals surface area contributed by atoms with Crippen LogP contribution in [0.1, 0.15) is 5.56 Å². The van der Waals surface area contributed by atoms with E-state index in [0.29, 0.717) is 22.4 Å². The summed E-state index contributed by atoms with van der Waals surface area (Å²) in [5.41, 5.74) is 4.73. The second kappa shape index (κ2) is 7.98. The van der Waals surface area contributed by atoms with Crippen molar-refractivity contribution < 1.29 is 5.11 Å². The van der Waals surface area contributed by atoms with Crippen molar-refractivity contribution in [2.75, 3.05) is 30.5 Å². The molecular weight excluding hydrogens is 323 g/mol. The van der Waals surface area contributed by atoms with E-state index in [-0.39, 0.29) is 6.61 Å². The van der Waals surface area contributed by atoms with Gasteiger partial charge in [0.25, 0.3) is 0 Å². The van der Waals surface area contributed by atoms with Gasteiger partial charge >= 0.3 is 0 Å². The Bertz CT molecular complexity index is 646. The third-order valence-electron chi connectivity index (χ3n) is 2.96. The maximum absolute atomic E-state index is 8.92. The van der Waals surface area contributed by atoms with Crippen molar-refractivity contribution in [1.82, 2.24) is 4.98 Å². The number of halogens is 2. The first-order valence-corrected chi connectivity index (χ1v) is 7.38. The molecule has 0 saturated heterocycles. The number of hydrogen-bond donors (Lipinski definition) is 2. The Balaban J connectivity index is 1.98. The molecule has 5 nitrogen and oxygen atoms in total. The molecule has 7 heteroatoms. The standard InChI is InChI=1S/C15H16Cl2N4O/c1-21(6-7-22)13-4-2-11(3-5-13)9-19-20-15-14(17)8-12(16)10-18-15/h2-5,8-10,22H,6-7H2,1H3,(H,18,20). The lowest BCUT2D eigenvalue weighted by Gasteiger charge is -2.17. The van der Waals surface area contributed by atoms with E-state index in [9.17, 15) is 0 Å². The van der Waals surface area contributed by atoms with Gasteiger partial charge in [-0.25, -0.2) is 4.98 Å². The Hall–Kier alpha value is -1.82. The predicted octanol–water partition coefficient (Wildman–Crippen LogP) is 3.26. The molecule has 0 fully saturated rings. The van der Waals surface area contributed by atoms with Gasteiger partial charge in [0.15, 0.2) is 5.82 Å². The van der Waals surface area contributed by atoms with Crippen molar-refractivity contribution in [3.05, 3.63) is 52.1 Å². The largest absolute Gasteiger partial charge is 0.395 e. The Morgan fingerprint density at radius 2 is 2.05 bits per heavy atom. The highest BCUT2D eigenvalue weighted by atomic mass is 35.5. The maximum Gasteiger partial charge on any atom is 0.165 e. The molecular formula is C15H16Cl2N4O. The molecule has 0 amide bonds. The number of likely N-dealkylation sites (N-methyl/N-ethyl adjacent to an activating group) is 1. The van der Waals surface area contributed by atoms with E-state index >= 15 is 0 Å². The lowest BCUT2D eigenvalue weighted by molar-refractivity contribution is 0.304. The van der Waals surface area contributed by atoms with Crippen LogP contribution < -0.4 is 10.3 Å². The summed E-state index contributed by atoms with van der Waals surface area (Å²) >= 11 is 11.8. The molecule has 0 bridgehead atoms. The molecule has 2 aromatic rings. The Morgan fingerprint density at radius 3 is 2.68 bits per heavy atom. The fraction of sp³-hybridized carbons (Fsp3) is 0.200. The van der Waals surface area contributed by atoms with Crippen LogP contribution in [0.2, 0.25) is 10.0 Å². The predicted molar refractivity (Wildman–Crippen MR) is 92.3 cm³/mol. The fourth-order valence-electron chi connectivity index (χ4n) is 1.76. The number of anilines is 2. The van der Waals surface area contributed by atoms with Crippen LogP contribution in [0.5, 0.6) is 0 Å². The first-order valence-electron chi connectivity index (χ1n) is 6.62. The number of rotatable bonds is 6. The molecule has 0 unspecified atom stereocenters. The number of nitrogens with one attached hydrogen (secondary N) is 1. The number of benzene rings is 1. The van der Waals surface area contributed by atoms with Crippen LogP contribution in [0, 0.1) is 0 Å². The quantitative estimate of drug-likeness (QED) is 0.626. The lowest BCUT2D eigenvalue weighted by atomic mass is 10.2. The van der Waals surface area contributed by atoms with Gasteiger partial charge in [-0.1, -0.05) is 35.3 Å². The summed E-state index contributed by atoms with van der Waals surface area (Å²) < 4.78 is 0. The summed E-state index contributed by atoms with van der Waals surface area (Å²) in [5.74, 6) is 0.446. The second-order valence-electron chi connectivity index (χ2n) is 4.59. The number of hydrogen-bond acceptors (Lipinski definition) is 5. The smallest absolute Gasteiger partial charge is 0.165 e. The highest BCUT2D eigenvalue weighted by molar-refractivity contribution is 6.35. The Kier molecular flexibility index (Phi) is 6.00. The zero-order valence-electron chi connectivity index (χ0n) is 12.0. The molecule has 1 aromatic carbocycles. The van der Waals surface area contributed by atoms with Gasteiger partial charge in [0.2, 0.25) is 0 Å². The minimum Gasteiger partial charge on any atom is -0.395 e. The van der Waals surface area contributed by atoms with Gasteiger partial charge in [0.05, 0.1) is 22.9 Å². The minimum atomic E-state index is 0.123. The van der Waals surface area contributed by atoms with Crippen LogP contribution in [0.15, 0.2) is 41.6 Å². The normalized spacial score (nSPS) is 10.9. The van der Waals surface area contributed by atoms with Gasteiger partial charge < -0.3 is 10.0 Å². The number of aliphatic hydroxyl groups is 1. The SMILES string of the molecule is CN(CCO)c1ccc(C=NNc2ncc(Cl)cc2Cl)cc1. The van der Waals surface area contributed by atoms with Crippen LogP contribution in [0.3, 0.4) is 0 Å². The fourth-order valence-corrected chi connectivity index (χ4v) is 2.18. The summed E-state index contributed by atoms with van der Waals surface area (Å²) in [6, 6.07) is 9.39. The minimum absolute atomic E-state index is 0.123. The lowest BCUT2D eigenvalue weighted by Crippen LogP contribution is -2.20. The van der Waals surface area contributed by atoms with E-state index in [1.807, 2.05) is 36.2 Å². The first-order chi connectivity index (χ1) is 10.6. The van der Waals surface area contributed by atoms with E-state index < -0.39 is 0 Å². The van der Waals surface area contributed by atoms with Crippen molar-refractivity contribution >= 4 is 40.9 Å². The molecule has 2 N–H and O–H groups in total. The Labute approximate surface area is 139 Å². The molecule has 0 aliphatic rings. The van der Waals surface area contributed by atoms with E-state index in [1.54, 1.807) is 12.3 Å². The molecule has 2 rings (SSSR count). The van der Waals surface area contributed by atoms with Gasteiger partial charge in [-0.05, 0) is 23.8 Å². The summed E-state index contributed by atoms with van der Waals surface area (Å²) in [5, 5.41) is 13.9. The summed E-state index contributed by atoms with van der Waals surface area (Å²) in [4.78, 5) is 6.02. The summed E-state index contributed by atoms with van der Waals surface area (Å²) in [7, 11) is 1.93. The third-order valence-corrected chi connectivity index (χ3v) is 3.46. The van der Waals surface area contributed by atoms with Crippen LogP contribution in [0.25, 0.3) is 0 Å². The van der Waals surface area contributed by atoms with Gasteiger partial charge in [0.1, 0.15) is 0 Å². The number of aliphatic hydroxyl groups excluding tert-OH is 1. The molecule has 1 aromatic heterocycles.